The third kappa shape index (κ3) is 4.68. The Morgan fingerprint density at radius 1 is 1.16 bits per heavy atom. The number of nitrogens with two attached hydrogens (primary N) is 1. The van der Waals surface area contributed by atoms with E-state index in [0.717, 1.165) is 0 Å². The second-order valence-electron chi connectivity index (χ2n) is 4.88. The van der Waals surface area contributed by atoms with Gasteiger partial charge in [0.05, 0.1) is 0 Å². The van der Waals surface area contributed by atoms with Crippen LogP contribution in [-0.4, -0.2) is 6.54 Å². The smallest absolute Gasteiger partial charge is 0.00251 e. The van der Waals surface area contributed by atoms with Crippen molar-refractivity contribution < 1.29 is 0 Å². The molecule has 0 aliphatic carbocycles. The molecule has 2 N–H and O–H groups in total. The SMILES string of the molecule is CC.C\C=C/C=c1/cccc(C(C)(C)CN)/c1=C/C. The molecule has 0 atom stereocenters. The fourth-order valence-corrected chi connectivity index (χ4v) is 1.95. The van der Waals surface area contributed by atoms with Crippen molar-refractivity contribution in [1.29, 1.82) is 0 Å². The lowest BCUT2D eigenvalue weighted by molar-refractivity contribution is 0.535. The first-order valence-corrected chi connectivity index (χ1v) is 7.15. The molecule has 1 heteroatoms. The van der Waals surface area contributed by atoms with Crippen LogP contribution in [0, 0.1) is 0 Å². The van der Waals surface area contributed by atoms with Gasteiger partial charge < -0.3 is 5.73 Å². The molecular formula is C18H29N. The van der Waals surface area contributed by atoms with E-state index >= 15 is 0 Å². The van der Waals surface area contributed by atoms with Crippen LogP contribution in [0.4, 0.5) is 0 Å². The van der Waals surface area contributed by atoms with Crippen LogP contribution >= 0.6 is 0 Å². The van der Waals surface area contributed by atoms with Crippen molar-refractivity contribution in [2.24, 2.45) is 5.73 Å². The normalized spacial score (nSPS) is 13.6. The lowest BCUT2D eigenvalue weighted by Crippen LogP contribution is -2.39. The van der Waals surface area contributed by atoms with Gasteiger partial charge in [-0.15, -0.1) is 0 Å². The van der Waals surface area contributed by atoms with Gasteiger partial charge in [-0.25, -0.2) is 0 Å². The summed E-state index contributed by atoms with van der Waals surface area (Å²) < 4.78 is 0. The van der Waals surface area contributed by atoms with E-state index in [2.05, 4.69) is 57.2 Å². The molecule has 1 aromatic rings. The average molecular weight is 259 g/mol. The molecule has 0 amide bonds. The predicted molar refractivity (Wildman–Crippen MR) is 88.5 cm³/mol. The van der Waals surface area contributed by atoms with Gasteiger partial charge in [-0.2, -0.15) is 0 Å². The van der Waals surface area contributed by atoms with Crippen molar-refractivity contribution in [3.63, 3.8) is 0 Å². The molecule has 0 aliphatic heterocycles. The Bertz CT molecular complexity index is 507. The van der Waals surface area contributed by atoms with Crippen LogP contribution < -0.4 is 16.2 Å². The summed E-state index contributed by atoms with van der Waals surface area (Å²) in [5.41, 5.74) is 7.21. The minimum Gasteiger partial charge on any atom is -0.330 e. The zero-order chi connectivity index (χ0) is 14.9. The summed E-state index contributed by atoms with van der Waals surface area (Å²) in [5, 5.41) is 2.55. The number of allylic oxidation sites excluding steroid dienone is 2. The average Bonchev–Trinajstić information content (AvgIpc) is 2.46. The van der Waals surface area contributed by atoms with Crippen LogP contribution in [0.15, 0.2) is 30.4 Å². The summed E-state index contributed by atoms with van der Waals surface area (Å²) in [4.78, 5) is 0. The standard InChI is InChI=1S/C16H23N.C2H6/c1-5-7-9-13-10-8-11-15(14(13)6-2)16(3,4)12-17;1-2/h5-11H,12,17H2,1-4H3;1-2H3/b7-5-,13-9-,14-6+;. The van der Waals surface area contributed by atoms with Crippen molar-refractivity contribution >= 4 is 12.2 Å². The van der Waals surface area contributed by atoms with E-state index in [1.54, 1.807) is 0 Å². The Balaban J connectivity index is 0.00000154. The van der Waals surface area contributed by atoms with Crippen LogP contribution in [-0.2, 0) is 5.41 Å². The lowest BCUT2D eigenvalue weighted by Gasteiger charge is -2.24. The Labute approximate surface area is 118 Å². The van der Waals surface area contributed by atoms with Crippen LogP contribution in [0.3, 0.4) is 0 Å². The molecule has 0 spiro atoms. The fraction of sp³-hybridized carbons (Fsp3) is 0.444. The summed E-state index contributed by atoms with van der Waals surface area (Å²) >= 11 is 0. The van der Waals surface area contributed by atoms with Gasteiger partial charge in [-0.05, 0) is 29.8 Å². The predicted octanol–water partition coefficient (Wildman–Crippen LogP) is 3.11. The van der Waals surface area contributed by atoms with E-state index in [1.807, 2.05) is 26.8 Å². The van der Waals surface area contributed by atoms with E-state index in [0.29, 0.717) is 6.54 Å². The summed E-state index contributed by atoms with van der Waals surface area (Å²) in [6.45, 7) is 13.1. The maximum Gasteiger partial charge on any atom is 0.00251 e. The quantitative estimate of drug-likeness (QED) is 0.887. The maximum atomic E-state index is 5.87. The summed E-state index contributed by atoms with van der Waals surface area (Å²) in [5.74, 6) is 0. The van der Waals surface area contributed by atoms with Gasteiger partial charge in [0.1, 0.15) is 0 Å². The molecule has 0 aliphatic rings. The van der Waals surface area contributed by atoms with Crippen molar-refractivity contribution in [1.82, 2.24) is 0 Å². The monoisotopic (exact) mass is 259 g/mol. The van der Waals surface area contributed by atoms with Gasteiger partial charge >= 0.3 is 0 Å². The second-order valence-corrected chi connectivity index (χ2v) is 4.88. The highest BCUT2D eigenvalue weighted by Crippen LogP contribution is 2.16. The molecule has 0 unspecified atom stereocenters. The van der Waals surface area contributed by atoms with Crippen LogP contribution in [0.5, 0.6) is 0 Å². The molecule has 19 heavy (non-hydrogen) atoms. The highest BCUT2D eigenvalue weighted by molar-refractivity contribution is 5.43. The fourth-order valence-electron chi connectivity index (χ4n) is 1.95. The molecule has 0 saturated heterocycles. The van der Waals surface area contributed by atoms with Crippen LogP contribution in [0.1, 0.15) is 47.1 Å². The van der Waals surface area contributed by atoms with Crippen LogP contribution in [0.25, 0.3) is 12.2 Å². The molecule has 0 fully saturated rings. The van der Waals surface area contributed by atoms with E-state index in [4.69, 9.17) is 5.73 Å². The second kappa shape index (κ2) is 8.71. The van der Waals surface area contributed by atoms with Gasteiger partial charge in [0.25, 0.3) is 0 Å². The maximum absolute atomic E-state index is 5.87. The van der Waals surface area contributed by atoms with Gasteiger partial charge in [0.2, 0.25) is 0 Å². The Hall–Kier alpha value is -1.34. The number of hydrogen-bond acceptors (Lipinski definition) is 1. The highest BCUT2D eigenvalue weighted by atomic mass is 14.6. The molecular weight excluding hydrogens is 230 g/mol. The van der Waals surface area contributed by atoms with E-state index in [9.17, 15) is 0 Å². The van der Waals surface area contributed by atoms with Gasteiger partial charge in [-0.1, -0.05) is 70.2 Å². The molecule has 0 bridgehead atoms. The first-order chi connectivity index (χ1) is 9.06. The van der Waals surface area contributed by atoms with Crippen molar-refractivity contribution in [3.05, 3.63) is 46.4 Å². The molecule has 106 valence electrons. The Morgan fingerprint density at radius 3 is 2.26 bits per heavy atom. The Morgan fingerprint density at radius 2 is 1.79 bits per heavy atom. The number of hydrogen-bond donors (Lipinski definition) is 1. The molecule has 0 radical (unpaired) electrons. The summed E-state index contributed by atoms with van der Waals surface area (Å²) in [6.07, 6.45) is 8.43. The number of benzene rings is 1. The van der Waals surface area contributed by atoms with Gasteiger partial charge in [0.15, 0.2) is 0 Å². The van der Waals surface area contributed by atoms with E-state index < -0.39 is 0 Å². The minimum absolute atomic E-state index is 0.0155. The first-order valence-electron chi connectivity index (χ1n) is 7.15. The topological polar surface area (TPSA) is 26.0 Å². The zero-order valence-corrected chi connectivity index (χ0v) is 13.3. The van der Waals surface area contributed by atoms with E-state index in [-0.39, 0.29) is 5.41 Å². The largest absolute Gasteiger partial charge is 0.330 e. The van der Waals surface area contributed by atoms with Gasteiger partial charge in [0, 0.05) is 12.0 Å². The minimum atomic E-state index is 0.0155. The molecule has 0 aromatic heterocycles. The Kier molecular flexibility index (Phi) is 8.09. The first kappa shape index (κ1) is 17.7. The van der Waals surface area contributed by atoms with Crippen molar-refractivity contribution in [2.45, 2.75) is 47.0 Å². The molecule has 1 rings (SSSR count). The zero-order valence-electron chi connectivity index (χ0n) is 13.3. The molecule has 0 saturated carbocycles. The third-order valence-corrected chi connectivity index (χ3v) is 3.14. The summed E-state index contributed by atoms with van der Waals surface area (Å²) in [7, 11) is 0. The van der Waals surface area contributed by atoms with Crippen molar-refractivity contribution in [3.8, 4) is 0 Å². The molecule has 1 nitrogen and oxygen atoms in total. The number of rotatable bonds is 3. The van der Waals surface area contributed by atoms with E-state index in [1.165, 1.54) is 16.0 Å². The molecule has 1 aromatic carbocycles. The molecule has 0 heterocycles. The summed E-state index contributed by atoms with van der Waals surface area (Å²) in [6, 6.07) is 6.43. The van der Waals surface area contributed by atoms with Crippen molar-refractivity contribution in [2.75, 3.05) is 6.54 Å². The van der Waals surface area contributed by atoms with Gasteiger partial charge in [-0.3, -0.25) is 0 Å². The van der Waals surface area contributed by atoms with Crippen LogP contribution in [0.2, 0.25) is 0 Å². The lowest BCUT2D eigenvalue weighted by atomic mass is 9.83. The third-order valence-electron chi connectivity index (χ3n) is 3.14. The highest BCUT2D eigenvalue weighted by Gasteiger charge is 2.19.